The smallest absolute Gasteiger partial charge is 0.318 e. The molecule has 1 aliphatic heterocycles. The Hall–Kier alpha value is -2.48. The molecule has 2 aliphatic rings. The molecule has 4 amide bonds. The van der Waals surface area contributed by atoms with E-state index in [4.69, 9.17) is 11.6 Å². The SMILES string of the molecule is CNC(=O)N1CCCC(N(C(=O)NCc2cc3cc(Cl)c(F)cc3[nH]2)C2CC2)C1. The Morgan fingerprint density at radius 1 is 1.28 bits per heavy atom. The summed E-state index contributed by atoms with van der Waals surface area (Å²) in [4.78, 5) is 31.8. The van der Waals surface area contributed by atoms with Gasteiger partial charge in [-0.3, -0.25) is 0 Å². The lowest BCUT2D eigenvalue weighted by Crippen LogP contribution is -2.56. The zero-order valence-electron chi connectivity index (χ0n) is 16.3. The number of halogens is 2. The highest BCUT2D eigenvalue weighted by Gasteiger charge is 2.39. The predicted molar refractivity (Wildman–Crippen MR) is 109 cm³/mol. The van der Waals surface area contributed by atoms with E-state index in [1.807, 2.05) is 11.0 Å². The van der Waals surface area contributed by atoms with Gasteiger partial charge in [0.15, 0.2) is 0 Å². The van der Waals surface area contributed by atoms with Crippen molar-refractivity contribution >= 4 is 34.6 Å². The van der Waals surface area contributed by atoms with Crippen LogP contribution in [0.2, 0.25) is 5.02 Å². The van der Waals surface area contributed by atoms with Gasteiger partial charge in [-0.25, -0.2) is 14.0 Å². The van der Waals surface area contributed by atoms with Gasteiger partial charge in [0.2, 0.25) is 0 Å². The lowest BCUT2D eigenvalue weighted by Gasteiger charge is -2.39. The quantitative estimate of drug-likeness (QED) is 0.706. The molecular formula is C20H25ClFN5O2. The number of nitrogens with zero attached hydrogens (tertiary/aromatic N) is 2. The molecule has 0 spiro atoms. The molecule has 1 aromatic heterocycles. The van der Waals surface area contributed by atoms with E-state index < -0.39 is 5.82 Å². The molecule has 1 saturated carbocycles. The molecule has 1 aliphatic carbocycles. The van der Waals surface area contributed by atoms with Gasteiger partial charge in [-0.1, -0.05) is 11.6 Å². The summed E-state index contributed by atoms with van der Waals surface area (Å²) in [6, 6.07) is 4.81. The fraction of sp³-hybridized carbons (Fsp3) is 0.500. The Balaban J connectivity index is 1.42. The second-order valence-electron chi connectivity index (χ2n) is 7.74. The normalized spacial score (nSPS) is 19.3. The van der Waals surface area contributed by atoms with Crippen LogP contribution >= 0.6 is 11.6 Å². The summed E-state index contributed by atoms with van der Waals surface area (Å²) in [5.41, 5.74) is 1.42. The molecule has 2 aromatic rings. The molecule has 2 fully saturated rings. The molecule has 29 heavy (non-hydrogen) atoms. The molecule has 156 valence electrons. The Bertz CT molecular complexity index is 890. The van der Waals surface area contributed by atoms with Crippen LogP contribution in [0.15, 0.2) is 18.2 Å². The van der Waals surface area contributed by atoms with E-state index in [0.717, 1.165) is 36.8 Å². The minimum absolute atomic E-state index is 0.0177. The molecule has 1 aromatic carbocycles. The molecule has 4 rings (SSSR count). The van der Waals surface area contributed by atoms with Crippen molar-refractivity contribution in [1.29, 1.82) is 0 Å². The van der Waals surface area contributed by atoms with E-state index in [1.54, 1.807) is 18.0 Å². The maximum atomic E-state index is 13.6. The van der Waals surface area contributed by atoms with Crippen molar-refractivity contribution in [2.24, 2.45) is 0 Å². The highest BCUT2D eigenvalue weighted by Crippen LogP contribution is 2.31. The standard InChI is InChI=1S/C20H25ClFN5O2/c1-23-19(28)26-6-2-3-15(11-26)27(14-4-5-14)20(29)24-10-13-7-12-8-16(21)17(22)9-18(12)25-13/h7-9,14-15,25H,2-6,10-11H2,1H3,(H,23,28)(H,24,29). The lowest BCUT2D eigenvalue weighted by atomic mass is 10.0. The van der Waals surface area contributed by atoms with Crippen LogP contribution in [0.3, 0.4) is 0 Å². The fourth-order valence-electron chi connectivity index (χ4n) is 4.05. The van der Waals surface area contributed by atoms with Gasteiger partial charge in [-0.05, 0) is 43.9 Å². The summed E-state index contributed by atoms with van der Waals surface area (Å²) in [7, 11) is 1.62. The van der Waals surface area contributed by atoms with E-state index in [0.29, 0.717) is 25.2 Å². The third-order valence-corrected chi connectivity index (χ3v) is 5.90. The van der Waals surface area contributed by atoms with E-state index in [9.17, 15) is 14.0 Å². The minimum atomic E-state index is -0.477. The number of hydrogen-bond donors (Lipinski definition) is 3. The summed E-state index contributed by atoms with van der Waals surface area (Å²) in [5.74, 6) is -0.477. The van der Waals surface area contributed by atoms with Gasteiger partial charge in [-0.15, -0.1) is 0 Å². The van der Waals surface area contributed by atoms with Crippen molar-refractivity contribution in [3.8, 4) is 0 Å². The number of fused-ring (bicyclic) bond motifs is 1. The lowest BCUT2D eigenvalue weighted by molar-refractivity contribution is 0.116. The summed E-state index contributed by atoms with van der Waals surface area (Å²) in [6.07, 6.45) is 3.76. The number of aromatic amines is 1. The van der Waals surface area contributed by atoms with Crippen LogP contribution in [-0.4, -0.2) is 59.1 Å². The first-order chi connectivity index (χ1) is 14.0. The number of amides is 4. The number of carbonyl (C=O) groups excluding carboxylic acids is 2. The number of hydrogen-bond acceptors (Lipinski definition) is 2. The van der Waals surface area contributed by atoms with Crippen molar-refractivity contribution in [3.05, 3.63) is 34.7 Å². The number of urea groups is 2. The van der Waals surface area contributed by atoms with Gasteiger partial charge in [0.05, 0.1) is 17.6 Å². The van der Waals surface area contributed by atoms with Gasteiger partial charge in [0.1, 0.15) is 5.82 Å². The third-order valence-electron chi connectivity index (χ3n) is 5.61. The van der Waals surface area contributed by atoms with Gasteiger partial charge >= 0.3 is 12.1 Å². The molecule has 0 radical (unpaired) electrons. The van der Waals surface area contributed by atoms with Crippen molar-refractivity contribution in [2.75, 3.05) is 20.1 Å². The van der Waals surface area contributed by atoms with Crippen LogP contribution < -0.4 is 10.6 Å². The Kier molecular flexibility index (Phi) is 5.54. The van der Waals surface area contributed by atoms with Crippen LogP contribution in [0.1, 0.15) is 31.4 Å². The third kappa shape index (κ3) is 4.27. The first kappa shape index (κ1) is 19.8. The molecule has 1 saturated heterocycles. The van der Waals surface area contributed by atoms with Crippen LogP contribution in [0.4, 0.5) is 14.0 Å². The van der Waals surface area contributed by atoms with Crippen LogP contribution in [0.25, 0.3) is 10.9 Å². The average molecular weight is 422 g/mol. The fourth-order valence-corrected chi connectivity index (χ4v) is 4.22. The molecule has 0 bridgehead atoms. The Morgan fingerprint density at radius 2 is 2.07 bits per heavy atom. The predicted octanol–water partition coefficient (Wildman–Crippen LogP) is 3.44. The second-order valence-corrected chi connectivity index (χ2v) is 8.15. The Morgan fingerprint density at radius 3 is 2.79 bits per heavy atom. The van der Waals surface area contributed by atoms with Crippen molar-refractivity contribution in [1.82, 2.24) is 25.4 Å². The van der Waals surface area contributed by atoms with Crippen LogP contribution in [-0.2, 0) is 6.54 Å². The molecule has 2 heterocycles. The van der Waals surface area contributed by atoms with E-state index in [1.165, 1.54) is 6.07 Å². The van der Waals surface area contributed by atoms with Crippen molar-refractivity contribution < 1.29 is 14.0 Å². The first-order valence-electron chi connectivity index (χ1n) is 9.95. The van der Waals surface area contributed by atoms with E-state index >= 15 is 0 Å². The number of carbonyl (C=O) groups is 2. The highest BCUT2D eigenvalue weighted by atomic mass is 35.5. The summed E-state index contributed by atoms with van der Waals surface area (Å²) < 4.78 is 13.6. The van der Waals surface area contributed by atoms with Gasteiger partial charge in [0.25, 0.3) is 0 Å². The number of benzene rings is 1. The van der Waals surface area contributed by atoms with E-state index in [-0.39, 0.29) is 29.2 Å². The monoisotopic (exact) mass is 421 g/mol. The topological polar surface area (TPSA) is 80.5 Å². The zero-order chi connectivity index (χ0) is 20.5. The van der Waals surface area contributed by atoms with Gasteiger partial charge in [0, 0.05) is 42.8 Å². The zero-order valence-corrected chi connectivity index (χ0v) is 17.1. The maximum Gasteiger partial charge on any atom is 0.318 e. The first-order valence-corrected chi connectivity index (χ1v) is 10.3. The summed E-state index contributed by atoms with van der Waals surface area (Å²) >= 11 is 5.84. The van der Waals surface area contributed by atoms with Crippen molar-refractivity contribution in [3.63, 3.8) is 0 Å². The number of nitrogens with one attached hydrogen (secondary N) is 3. The summed E-state index contributed by atoms with van der Waals surface area (Å²) in [5, 5.41) is 6.51. The molecule has 7 nitrogen and oxygen atoms in total. The molecule has 3 N–H and O–H groups in total. The van der Waals surface area contributed by atoms with Gasteiger partial charge < -0.3 is 25.4 Å². The number of piperidine rings is 1. The van der Waals surface area contributed by atoms with Gasteiger partial charge in [-0.2, -0.15) is 0 Å². The van der Waals surface area contributed by atoms with Crippen LogP contribution in [0.5, 0.6) is 0 Å². The Labute approximate surface area is 173 Å². The molecule has 1 atom stereocenters. The highest BCUT2D eigenvalue weighted by molar-refractivity contribution is 6.31. The van der Waals surface area contributed by atoms with Crippen molar-refractivity contribution in [2.45, 2.75) is 44.3 Å². The molecule has 1 unspecified atom stereocenters. The summed E-state index contributed by atoms with van der Waals surface area (Å²) in [6.45, 7) is 1.57. The number of H-pyrrole nitrogens is 1. The number of aromatic nitrogens is 1. The number of likely N-dealkylation sites (tertiary alicyclic amines) is 1. The molecule has 9 heteroatoms. The number of rotatable bonds is 4. The largest absolute Gasteiger partial charge is 0.357 e. The van der Waals surface area contributed by atoms with Crippen LogP contribution in [0, 0.1) is 5.82 Å². The minimum Gasteiger partial charge on any atom is -0.357 e. The maximum absolute atomic E-state index is 13.6. The van der Waals surface area contributed by atoms with E-state index in [2.05, 4.69) is 15.6 Å². The molecular weight excluding hydrogens is 397 g/mol. The second kappa shape index (κ2) is 8.10. The average Bonchev–Trinajstić information content (AvgIpc) is 3.47.